The Labute approximate surface area is 178 Å². The van der Waals surface area contributed by atoms with Gasteiger partial charge in [0.25, 0.3) is 0 Å². The summed E-state index contributed by atoms with van der Waals surface area (Å²) in [6.07, 6.45) is 3.20. The number of allylic oxidation sites excluding steroid dienone is 2. The number of ether oxygens (including phenoxy) is 1. The molecule has 7 heteroatoms. The Bertz CT molecular complexity index is 792. The second kappa shape index (κ2) is 10.6. The molecule has 0 spiro atoms. The molecule has 0 saturated carbocycles. The molecule has 7 nitrogen and oxygen atoms in total. The molecule has 30 heavy (non-hydrogen) atoms. The molecule has 2 fully saturated rings. The van der Waals surface area contributed by atoms with Crippen LogP contribution in [0.2, 0.25) is 0 Å². The molecular formula is C23H32N4O3. The second-order valence-corrected chi connectivity index (χ2v) is 7.94. The Hall–Kier alpha value is -2.37. The fourth-order valence-electron chi connectivity index (χ4n) is 3.77. The molecule has 0 aromatic heterocycles. The van der Waals surface area contributed by atoms with Gasteiger partial charge in [-0.2, -0.15) is 5.26 Å². The highest BCUT2D eigenvalue weighted by molar-refractivity contribution is 5.65. The number of anilines is 1. The van der Waals surface area contributed by atoms with Crippen LogP contribution in [0, 0.1) is 11.3 Å². The zero-order valence-electron chi connectivity index (χ0n) is 17.8. The van der Waals surface area contributed by atoms with Crippen LogP contribution < -0.4 is 10.2 Å². The quantitative estimate of drug-likeness (QED) is 0.484. The van der Waals surface area contributed by atoms with Crippen LogP contribution in [-0.2, 0) is 4.74 Å². The molecule has 2 heterocycles. The fourth-order valence-corrected chi connectivity index (χ4v) is 3.77. The van der Waals surface area contributed by atoms with Gasteiger partial charge in [-0.25, -0.2) is 0 Å². The van der Waals surface area contributed by atoms with E-state index in [2.05, 4.69) is 40.4 Å². The zero-order chi connectivity index (χ0) is 21.5. The summed E-state index contributed by atoms with van der Waals surface area (Å²) in [7, 11) is 2.14. The highest BCUT2D eigenvalue weighted by Crippen LogP contribution is 2.21. The number of nitriles is 1. The topological polar surface area (TPSA) is 92.0 Å². The predicted octanol–water partition coefficient (Wildman–Crippen LogP) is 1.70. The van der Waals surface area contributed by atoms with Crippen molar-refractivity contribution in [3.05, 3.63) is 47.2 Å². The van der Waals surface area contributed by atoms with Gasteiger partial charge < -0.3 is 30.1 Å². The highest BCUT2D eigenvalue weighted by atomic mass is 16.6. The van der Waals surface area contributed by atoms with Crippen molar-refractivity contribution in [2.24, 2.45) is 0 Å². The number of hydrogen-bond acceptors (Lipinski definition) is 7. The molecule has 3 rings (SSSR count). The number of rotatable bonds is 6. The maximum absolute atomic E-state index is 10.1. The molecule has 0 bridgehead atoms. The first-order chi connectivity index (χ1) is 14.5. The summed E-state index contributed by atoms with van der Waals surface area (Å²) in [5.41, 5.74) is 3.26. The number of likely N-dealkylation sites (N-methyl/N-ethyl adjacent to an activating group) is 1. The molecule has 2 aliphatic heterocycles. The summed E-state index contributed by atoms with van der Waals surface area (Å²) in [4.78, 5) is 4.70. The average molecular weight is 413 g/mol. The van der Waals surface area contributed by atoms with Crippen molar-refractivity contribution in [1.29, 1.82) is 5.26 Å². The first-order valence-corrected chi connectivity index (χ1v) is 10.6. The van der Waals surface area contributed by atoms with Gasteiger partial charge in [-0.15, -0.1) is 0 Å². The lowest BCUT2D eigenvalue weighted by Crippen LogP contribution is -2.48. The lowest BCUT2D eigenvalue weighted by Gasteiger charge is -2.34. The third kappa shape index (κ3) is 5.83. The normalized spacial score (nSPS) is 26.4. The Kier molecular flexibility index (Phi) is 7.88. The first-order valence-electron chi connectivity index (χ1n) is 10.6. The van der Waals surface area contributed by atoms with E-state index in [9.17, 15) is 15.5 Å². The summed E-state index contributed by atoms with van der Waals surface area (Å²) >= 11 is 0. The average Bonchev–Trinajstić information content (AvgIpc) is 2.75. The van der Waals surface area contributed by atoms with Crippen molar-refractivity contribution in [2.75, 3.05) is 44.7 Å². The molecule has 2 saturated heterocycles. The van der Waals surface area contributed by atoms with Crippen LogP contribution in [0.25, 0.3) is 6.08 Å². The summed E-state index contributed by atoms with van der Waals surface area (Å²) in [5, 5.41) is 32.9. The van der Waals surface area contributed by atoms with Crippen LogP contribution in [-0.4, -0.2) is 73.4 Å². The van der Waals surface area contributed by atoms with E-state index in [4.69, 9.17) is 4.74 Å². The monoisotopic (exact) mass is 412 g/mol. The van der Waals surface area contributed by atoms with Crippen molar-refractivity contribution >= 4 is 11.8 Å². The van der Waals surface area contributed by atoms with E-state index in [1.165, 1.54) is 5.69 Å². The lowest BCUT2D eigenvalue weighted by atomic mass is 10.0. The van der Waals surface area contributed by atoms with Gasteiger partial charge in [0.15, 0.2) is 6.29 Å². The Morgan fingerprint density at radius 2 is 1.93 bits per heavy atom. The standard InChI is InChI=1S/C23H32N4O3/c1-3-4-21(25-22-14-20(28)16-30-23(22)29)18(15-24)13-17-5-7-19(8-6-17)27-11-9-26(2)10-12-27/h4-8,13,20,22-23,25,28-29H,3,9-12,14,16H2,1-2H3/b18-13+,21-4+. The van der Waals surface area contributed by atoms with Crippen molar-refractivity contribution in [1.82, 2.24) is 10.2 Å². The number of nitrogens with zero attached hydrogens (tertiary/aromatic N) is 3. The molecule has 162 valence electrons. The fraction of sp³-hybridized carbons (Fsp3) is 0.522. The molecule has 3 atom stereocenters. The number of hydrogen-bond donors (Lipinski definition) is 3. The van der Waals surface area contributed by atoms with E-state index >= 15 is 0 Å². The van der Waals surface area contributed by atoms with Crippen molar-refractivity contribution < 1.29 is 14.9 Å². The zero-order valence-corrected chi connectivity index (χ0v) is 17.8. The summed E-state index contributed by atoms with van der Waals surface area (Å²) in [6, 6.07) is 10.0. The minimum absolute atomic E-state index is 0.118. The third-order valence-electron chi connectivity index (χ3n) is 5.56. The molecule has 0 amide bonds. The Balaban J connectivity index is 1.73. The van der Waals surface area contributed by atoms with Gasteiger partial charge in [0.2, 0.25) is 0 Å². The van der Waals surface area contributed by atoms with Crippen LogP contribution in [0.4, 0.5) is 5.69 Å². The highest BCUT2D eigenvalue weighted by Gasteiger charge is 2.29. The predicted molar refractivity (Wildman–Crippen MR) is 118 cm³/mol. The van der Waals surface area contributed by atoms with Gasteiger partial charge >= 0.3 is 0 Å². The Morgan fingerprint density at radius 1 is 1.23 bits per heavy atom. The van der Waals surface area contributed by atoms with E-state index in [-0.39, 0.29) is 6.61 Å². The summed E-state index contributed by atoms with van der Waals surface area (Å²) in [5.74, 6) is 0. The van der Waals surface area contributed by atoms with E-state index < -0.39 is 18.4 Å². The van der Waals surface area contributed by atoms with Crippen molar-refractivity contribution in [3.63, 3.8) is 0 Å². The van der Waals surface area contributed by atoms with E-state index in [0.717, 1.165) is 38.2 Å². The lowest BCUT2D eigenvalue weighted by molar-refractivity contribution is -0.171. The minimum Gasteiger partial charge on any atom is -0.391 e. The maximum Gasteiger partial charge on any atom is 0.175 e. The van der Waals surface area contributed by atoms with E-state index in [1.54, 1.807) is 0 Å². The van der Waals surface area contributed by atoms with Crippen molar-refractivity contribution in [3.8, 4) is 6.07 Å². The first kappa shape index (κ1) is 22.3. The van der Waals surface area contributed by atoms with Gasteiger partial charge in [-0.05, 0) is 37.2 Å². The van der Waals surface area contributed by atoms with Gasteiger partial charge in [-0.3, -0.25) is 0 Å². The molecule has 1 aromatic rings. The SMILES string of the molecule is CC/C=C(NC1CC(O)COC1O)\C(C#N)=C\c1ccc(N2CCN(C)CC2)cc1. The minimum atomic E-state index is -1.02. The van der Waals surface area contributed by atoms with Crippen LogP contribution >= 0.6 is 0 Å². The summed E-state index contributed by atoms with van der Waals surface area (Å²) < 4.78 is 5.20. The molecule has 0 aliphatic carbocycles. The molecular weight excluding hydrogens is 380 g/mol. The number of benzene rings is 1. The molecule has 0 radical (unpaired) electrons. The number of nitrogens with one attached hydrogen (secondary N) is 1. The van der Waals surface area contributed by atoms with E-state index in [1.807, 2.05) is 31.2 Å². The van der Waals surface area contributed by atoms with Crippen LogP contribution in [0.1, 0.15) is 25.3 Å². The third-order valence-corrected chi connectivity index (χ3v) is 5.56. The molecule has 3 unspecified atom stereocenters. The molecule has 3 N–H and O–H groups in total. The van der Waals surface area contributed by atoms with Crippen molar-refractivity contribution in [2.45, 2.75) is 38.2 Å². The van der Waals surface area contributed by atoms with Gasteiger partial charge in [0.1, 0.15) is 6.07 Å². The van der Waals surface area contributed by atoms with Crippen LogP contribution in [0.5, 0.6) is 0 Å². The van der Waals surface area contributed by atoms with Gasteiger partial charge in [-0.1, -0.05) is 25.1 Å². The number of piperazine rings is 1. The Morgan fingerprint density at radius 3 is 2.57 bits per heavy atom. The van der Waals surface area contributed by atoms with Gasteiger partial charge in [0.05, 0.1) is 24.3 Å². The molecule has 2 aliphatic rings. The van der Waals surface area contributed by atoms with Crippen LogP contribution in [0.3, 0.4) is 0 Å². The number of aliphatic hydroxyl groups is 2. The van der Waals surface area contributed by atoms with E-state index in [0.29, 0.717) is 17.7 Å². The second-order valence-electron chi connectivity index (χ2n) is 7.94. The van der Waals surface area contributed by atoms with Gasteiger partial charge in [0, 0.05) is 44.0 Å². The number of aliphatic hydroxyl groups excluding tert-OH is 2. The van der Waals surface area contributed by atoms with Crippen LogP contribution in [0.15, 0.2) is 41.6 Å². The molecule has 1 aromatic carbocycles. The largest absolute Gasteiger partial charge is 0.391 e. The smallest absolute Gasteiger partial charge is 0.175 e. The summed E-state index contributed by atoms with van der Waals surface area (Å²) in [6.45, 7) is 6.25. The maximum atomic E-state index is 10.1.